The van der Waals surface area contributed by atoms with Crippen LogP contribution in [0, 0.1) is 0 Å². The fourth-order valence-corrected chi connectivity index (χ4v) is 2.92. The molecule has 1 aromatic rings. The van der Waals surface area contributed by atoms with E-state index in [-0.39, 0.29) is 41.7 Å². The summed E-state index contributed by atoms with van der Waals surface area (Å²) in [4.78, 5) is 17.4. The van der Waals surface area contributed by atoms with Crippen LogP contribution in [0.15, 0.2) is 29.3 Å². The Balaban J connectivity index is 0.00000392. The number of halogens is 3. The Bertz CT molecular complexity index is 648. The number of benzene rings is 1. The number of guanidine groups is 1. The number of carbonyl (C=O) groups excluding carboxylic acids is 1. The number of hydrogen-bond donors (Lipinski definition) is 3. The Morgan fingerprint density at radius 3 is 2.79 bits per heavy atom. The van der Waals surface area contributed by atoms with Gasteiger partial charge in [-0.1, -0.05) is 12.1 Å². The van der Waals surface area contributed by atoms with Crippen molar-refractivity contribution in [1.29, 1.82) is 0 Å². The molecular weight excluding hydrogens is 483 g/mol. The number of anilines is 1. The molecule has 10 heteroatoms. The molecule has 1 aromatic carbocycles. The first kappa shape index (κ1) is 24.2. The number of nitrogens with zero attached hydrogens (tertiary/aromatic N) is 2. The number of para-hydroxylation sites is 2. The lowest BCUT2D eigenvalue weighted by Gasteiger charge is -2.22. The van der Waals surface area contributed by atoms with E-state index >= 15 is 0 Å². The minimum Gasteiger partial charge on any atom is -0.433 e. The molecule has 7 nitrogen and oxygen atoms in total. The van der Waals surface area contributed by atoms with Gasteiger partial charge in [0.05, 0.1) is 12.2 Å². The first-order valence-electron chi connectivity index (χ1n) is 9.07. The molecule has 0 aromatic heterocycles. The molecule has 3 N–H and O–H groups in total. The maximum absolute atomic E-state index is 12.6. The smallest absolute Gasteiger partial charge is 0.387 e. The molecule has 0 bridgehead atoms. The van der Waals surface area contributed by atoms with Gasteiger partial charge in [-0.3, -0.25) is 9.79 Å². The Hall–Kier alpha value is -1.85. The van der Waals surface area contributed by atoms with Gasteiger partial charge in [-0.05, 0) is 25.5 Å². The molecule has 1 saturated heterocycles. The molecule has 0 saturated carbocycles. The van der Waals surface area contributed by atoms with E-state index in [0.717, 1.165) is 13.0 Å². The third-order valence-corrected chi connectivity index (χ3v) is 4.05. The monoisotopic (exact) mass is 511 g/mol. The van der Waals surface area contributed by atoms with E-state index in [2.05, 4.69) is 25.7 Å². The van der Waals surface area contributed by atoms with E-state index in [1.807, 2.05) is 17.9 Å². The van der Waals surface area contributed by atoms with Gasteiger partial charge < -0.3 is 25.6 Å². The van der Waals surface area contributed by atoms with Crippen LogP contribution >= 0.6 is 24.0 Å². The summed E-state index contributed by atoms with van der Waals surface area (Å²) in [6, 6.07) is 6.95. The SMILES string of the molecule is CCNC(=NCCNC(C)=O)NC1CCN(c2ccccc2OC(F)F)C1.I. The van der Waals surface area contributed by atoms with Crippen molar-refractivity contribution in [3.05, 3.63) is 24.3 Å². The normalized spacial score (nSPS) is 16.5. The molecule has 0 spiro atoms. The standard InChI is InChI=1S/C18H27F2N5O2.HI/c1-3-21-18(23-10-9-22-13(2)26)24-14-8-11-25(12-14)15-6-4-5-7-16(15)27-17(19)20;/h4-7,14,17H,3,8-12H2,1-2H3,(H,22,26)(H2,21,23,24);1H. The topological polar surface area (TPSA) is 78.0 Å². The molecule has 1 heterocycles. The summed E-state index contributed by atoms with van der Waals surface area (Å²) in [5, 5.41) is 9.24. The van der Waals surface area contributed by atoms with E-state index < -0.39 is 6.61 Å². The van der Waals surface area contributed by atoms with Crippen molar-refractivity contribution in [2.24, 2.45) is 4.99 Å². The van der Waals surface area contributed by atoms with Gasteiger partial charge in [-0.15, -0.1) is 24.0 Å². The lowest BCUT2D eigenvalue weighted by atomic mass is 10.2. The molecule has 0 radical (unpaired) electrons. The van der Waals surface area contributed by atoms with Crippen LogP contribution in [0.5, 0.6) is 5.75 Å². The second kappa shape index (κ2) is 12.6. The molecule has 158 valence electrons. The molecule has 28 heavy (non-hydrogen) atoms. The molecule has 1 aliphatic heterocycles. The van der Waals surface area contributed by atoms with Crippen LogP contribution in [-0.4, -0.2) is 57.2 Å². The summed E-state index contributed by atoms with van der Waals surface area (Å²) in [5.74, 6) is 0.773. The van der Waals surface area contributed by atoms with Crippen molar-refractivity contribution in [3.63, 3.8) is 0 Å². The third-order valence-electron chi connectivity index (χ3n) is 4.05. The van der Waals surface area contributed by atoms with E-state index in [1.54, 1.807) is 18.2 Å². The van der Waals surface area contributed by atoms with Crippen LogP contribution in [-0.2, 0) is 4.79 Å². The Morgan fingerprint density at radius 2 is 2.11 bits per heavy atom. The van der Waals surface area contributed by atoms with E-state index in [4.69, 9.17) is 0 Å². The molecular formula is C18H28F2IN5O2. The number of aliphatic imine (C=N–C) groups is 1. The van der Waals surface area contributed by atoms with Crippen molar-refractivity contribution in [3.8, 4) is 5.75 Å². The quantitative estimate of drug-likeness (QED) is 0.216. The fraction of sp³-hybridized carbons (Fsp3) is 0.556. The Morgan fingerprint density at radius 1 is 1.36 bits per heavy atom. The van der Waals surface area contributed by atoms with Crippen molar-refractivity contribution in [1.82, 2.24) is 16.0 Å². The van der Waals surface area contributed by atoms with Gasteiger partial charge in [-0.2, -0.15) is 8.78 Å². The zero-order valence-corrected chi connectivity index (χ0v) is 18.4. The van der Waals surface area contributed by atoms with Gasteiger partial charge in [-0.25, -0.2) is 0 Å². The lowest BCUT2D eigenvalue weighted by Crippen LogP contribution is -2.45. The van der Waals surface area contributed by atoms with E-state index in [0.29, 0.717) is 37.8 Å². The number of nitrogens with one attached hydrogen (secondary N) is 3. The van der Waals surface area contributed by atoms with Gasteiger partial charge in [0.1, 0.15) is 5.75 Å². The number of carbonyl (C=O) groups is 1. The van der Waals surface area contributed by atoms with Crippen LogP contribution in [0.2, 0.25) is 0 Å². The van der Waals surface area contributed by atoms with Crippen molar-refractivity contribution >= 4 is 41.5 Å². The number of ether oxygens (including phenoxy) is 1. The lowest BCUT2D eigenvalue weighted by molar-refractivity contribution is -0.118. The first-order valence-corrected chi connectivity index (χ1v) is 9.07. The average molecular weight is 511 g/mol. The predicted molar refractivity (Wildman–Crippen MR) is 117 cm³/mol. The average Bonchev–Trinajstić information content (AvgIpc) is 3.07. The Labute approximate surface area is 181 Å². The second-order valence-corrected chi connectivity index (χ2v) is 6.17. The van der Waals surface area contributed by atoms with Gasteiger partial charge in [0.2, 0.25) is 5.91 Å². The first-order chi connectivity index (χ1) is 13.0. The van der Waals surface area contributed by atoms with Crippen molar-refractivity contribution in [2.45, 2.75) is 32.9 Å². The maximum atomic E-state index is 12.6. The number of alkyl halides is 2. The highest BCUT2D eigenvalue weighted by Crippen LogP contribution is 2.31. The summed E-state index contributed by atoms with van der Waals surface area (Å²) < 4.78 is 29.9. The largest absolute Gasteiger partial charge is 0.433 e. The van der Waals surface area contributed by atoms with E-state index in [9.17, 15) is 13.6 Å². The highest BCUT2D eigenvalue weighted by Gasteiger charge is 2.26. The zero-order chi connectivity index (χ0) is 19.6. The van der Waals surface area contributed by atoms with Crippen LogP contribution in [0.3, 0.4) is 0 Å². The summed E-state index contributed by atoms with van der Waals surface area (Å²) in [7, 11) is 0. The van der Waals surface area contributed by atoms with Crippen LogP contribution in [0.1, 0.15) is 20.3 Å². The number of rotatable bonds is 8. The van der Waals surface area contributed by atoms with Crippen molar-refractivity contribution < 1.29 is 18.3 Å². The van der Waals surface area contributed by atoms with E-state index in [1.165, 1.54) is 6.92 Å². The summed E-state index contributed by atoms with van der Waals surface area (Å²) in [5.41, 5.74) is 0.662. The predicted octanol–water partition coefficient (Wildman–Crippen LogP) is 2.18. The molecule has 2 rings (SSSR count). The Kier molecular flexibility index (Phi) is 10.9. The summed E-state index contributed by atoms with van der Waals surface area (Å²) >= 11 is 0. The molecule has 1 amide bonds. The van der Waals surface area contributed by atoms with Gasteiger partial charge in [0.15, 0.2) is 5.96 Å². The molecule has 1 atom stereocenters. The minimum atomic E-state index is -2.85. The molecule has 1 aliphatic rings. The summed E-state index contributed by atoms with van der Waals surface area (Å²) in [6.07, 6.45) is 0.846. The second-order valence-electron chi connectivity index (χ2n) is 6.17. The molecule has 1 fully saturated rings. The van der Waals surface area contributed by atoms with Crippen molar-refractivity contribution in [2.75, 3.05) is 37.6 Å². The third kappa shape index (κ3) is 8.03. The van der Waals surface area contributed by atoms with Crippen LogP contribution in [0.4, 0.5) is 14.5 Å². The fourth-order valence-electron chi connectivity index (χ4n) is 2.92. The zero-order valence-electron chi connectivity index (χ0n) is 16.1. The highest BCUT2D eigenvalue weighted by atomic mass is 127. The van der Waals surface area contributed by atoms with Gasteiger partial charge in [0, 0.05) is 39.1 Å². The highest BCUT2D eigenvalue weighted by molar-refractivity contribution is 14.0. The number of amides is 1. The minimum absolute atomic E-state index is 0. The van der Waals surface area contributed by atoms with Gasteiger partial charge in [0.25, 0.3) is 0 Å². The molecule has 1 unspecified atom stereocenters. The maximum Gasteiger partial charge on any atom is 0.387 e. The van der Waals surface area contributed by atoms with Crippen LogP contribution < -0.4 is 25.6 Å². The summed E-state index contributed by atoms with van der Waals surface area (Å²) in [6.45, 7) is 3.63. The number of hydrogen-bond acceptors (Lipinski definition) is 4. The van der Waals surface area contributed by atoms with Gasteiger partial charge >= 0.3 is 6.61 Å². The molecule has 0 aliphatic carbocycles. The van der Waals surface area contributed by atoms with Crippen LogP contribution in [0.25, 0.3) is 0 Å².